The molecule has 35 heavy (non-hydrogen) atoms. The Labute approximate surface area is 205 Å². The largest absolute Gasteiger partial charge is 0.486 e. The number of carbonyl (C=O) groups excluding carboxylic acids is 1. The zero-order valence-electron chi connectivity index (χ0n) is 19.2. The molecular formula is C22H25N7O5S. The first-order valence-electron chi connectivity index (χ1n) is 11.4. The molecule has 1 aromatic carbocycles. The number of piperidine rings is 1. The molecular weight excluding hydrogens is 474 g/mol. The van der Waals surface area contributed by atoms with Gasteiger partial charge in [-0.1, -0.05) is 0 Å². The van der Waals surface area contributed by atoms with Gasteiger partial charge in [0.15, 0.2) is 34.0 Å². The lowest BCUT2D eigenvalue weighted by Crippen LogP contribution is -2.37. The molecule has 4 heterocycles. The summed E-state index contributed by atoms with van der Waals surface area (Å²) >= 11 is 1.07. The molecule has 2 N–H and O–H groups in total. The smallest absolute Gasteiger partial charge is 0.287 e. The summed E-state index contributed by atoms with van der Waals surface area (Å²) in [6.45, 7) is 4.58. The van der Waals surface area contributed by atoms with Crippen molar-refractivity contribution in [2.45, 2.75) is 42.8 Å². The van der Waals surface area contributed by atoms with E-state index >= 15 is 0 Å². The number of nitrogens with two attached hydrogens (primary N) is 1. The summed E-state index contributed by atoms with van der Waals surface area (Å²) in [4.78, 5) is 38.4. The molecule has 13 heteroatoms. The zero-order valence-corrected chi connectivity index (χ0v) is 20.0. The Hall–Kier alpha value is -3.61. The Morgan fingerprint density at radius 3 is 2.63 bits per heavy atom. The van der Waals surface area contributed by atoms with Crippen molar-refractivity contribution < 1.29 is 19.2 Å². The fourth-order valence-corrected chi connectivity index (χ4v) is 5.25. The van der Waals surface area contributed by atoms with Crippen molar-refractivity contribution >= 4 is 29.2 Å². The number of aromatic nitrogens is 4. The van der Waals surface area contributed by atoms with E-state index in [1.807, 2.05) is 9.47 Å². The van der Waals surface area contributed by atoms with Crippen LogP contribution in [0.15, 0.2) is 28.5 Å². The summed E-state index contributed by atoms with van der Waals surface area (Å²) in [5.41, 5.74) is 6.42. The molecule has 0 atom stereocenters. The van der Waals surface area contributed by atoms with Crippen molar-refractivity contribution in [1.29, 1.82) is 0 Å². The van der Waals surface area contributed by atoms with Gasteiger partial charge < -0.3 is 24.7 Å². The first-order chi connectivity index (χ1) is 16.9. The molecule has 0 saturated carbocycles. The number of aryl methyl sites for hydroxylation is 1. The van der Waals surface area contributed by atoms with E-state index < -0.39 is 4.92 Å². The number of amides is 1. The van der Waals surface area contributed by atoms with Crippen molar-refractivity contribution in [1.82, 2.24) is 24.4 Å². The third kappa shape index (κ3) is 4.81. The molecule has 4 aliphatic heterocycles. The van der Waals surface area contributed by atoms with E-state index in [-0.39, 0.29) is 17.4 Å². The number of ether oxygens (including phenoxy) is 2. The molecule has 0 spiro atoms. The zero-order chi connectivity index (χ0) is 24.5. The minimum absolute atomic E-state index is 0.107. The first kappa shape index (κ1) is 23.1. The van der Waals surface area contributed by atoms with Gasteiger partial charge >= 0.3 is 0 Å². The summed E-state index contributed by atoms with van der Waals surface area (Å²) in [6, 6.07) is 2.95. The highest BCUT2D eigenvalue weighted by atomic mass is 32.2. The van der Waals surface area contributed by atoms with E-state index in [2.05, 4.69) is 15.0 Å². The normalized spacial score (nSPS) is 16.0. The Balaban J connectivity index is 1.36. The third-order valence-corrected chi connectivity index (χ3v) is 7.24. The third-order valence-electron chi connectivity index (χ3n) is 6.33. The van der Waals surface area contributed by atoms with Gasteiger partial charge in [0.2, 0.25) is 5.91 Å². The number of nitro benzene ring substituents is 1. The van der Waals surface area contributed by atoms with Crippen LogP contribution in [-0.4, -0.2) is 61.6 Å². The number of imidazole rings is 1. The molecule has 4 aliphatic rings. The van der Waals surface area contributed by atoms with Gasteiger partial charge in [0, 0.05) is 32.6 Å². The molecule has 0 aliphatic carbocycles. The lowest BCUT2D eigenvalue weighted by Gasteiger charge is -2.31. The van der Waals surface area contributed by atoms with Gasteiger partial charge in [-0.25, -0.2) is 15.0 Å². The molecule has 0 bridgehead atoms. The summed E-state index contributed by atoms with van der Waals surface area (Å²) in [7, 11) is 0. The molecule has 12 nitrogen and oxygen atoms in total. The second-order valence-electron chi connectivity index (χ2n) is 8.56. The molecule has 5 rings (SSSR count). The van der Waals surface area contributed by atoms with E-state index in [0.29, 0.717) is 58.7 Å². The van der Waals surface area contributed by atoms with E-state index in [0.717, 1.165) is 44.1 Å². The van der Waals surface area contributed by atoms with Gasteiger partial charge in [-0.05, 0) is 36.9 Å². The summed E-state index contributed by atoms with van der Waals surface area (Å²) in [5, 5.41) is 12.0. The topological polar surface area (TPSA) is 152 Å². The number of nitrogens with zero attached hydrogens (tertiary/aromatic N) is 6. The van der Waals surface area contributed by atoms with E-state index in [4.69, 9.17) is 15.2 Å². The lowest BCUT2D eigenvalue weighted by molar-refractivity contribution is -0.387. The van der Waals surface area contributed by atoms with Crippen LogP contribution in [0.4, 0.5) is 11.5 Å². The van der Waals surface area contributed by atoms with Gasteiger partial charge in [-0.2, -0.15) is 0 Å². The minimum Gasteiger partial charge on any atom is -0.486 e. The molecule has 1 aromatic rings. The van der Waals surface area contributed by atoms with Gasteiger partial charge in [0.25, 0.3) is 5.69 Å². The minimum atomic E-state index is -0.462. The van der Waals surface area contributed by atoms with Crippen LogP contribution >= 0.6 is 11.8 Å². The van der Waals surface area contributed by atoms with Crippen LogP contribution in [0.3, 0.4) is 0 Å². The number of likely N-dealkylation sites (tertiary alicyclic amines) is 1. The van der Waals surface area contributed by atoms with Crippen LogP contribution in [0.5, 0.6) is 11.5 Å². The molecule has 0 unspecified atom stereocenters. The number of nitro groups is 1. The standard InChI is InChI=1S/C22H25N7O5S/c1-13(30)27-5-2-14(3-6-27)4-7-28-12-24-20(23)19-21(28)26-22(25-19)35-18-11-17-16(33-8-9-34-17)10-15(18)29(31)32/h10-12,14H,2-9,23H2,1H3. The lowest BCUT2D eigenvalue weighted by atomic mass is 9.93. The number of anilines is 1. The van der Waals surface area contributed by atoms with Crippen LogP contribution in [0.1, 0.15) is 26.2 Å². The predicted octanol–water partition coefficient (Wildman–Crippen LogP) is 2.84. The van der Waals surface area contributed by atoms with Crippen molar-refractivity contribution in [2.24, 2.45) is 5.92 Å². The molecule has 1 saturated heterocycles. The number of hydrogen-bond donors (Lipinski definition) is 1. The van der Waals surface area contributed by atoms with Crippen LogP contribution < -0.4 is 15.2 Å². The summed E-state index contributed by atoms with van der Waals surface area (Å²) < 4.78 is 13.0. The first-order valence-corrected chi connectivity index (χ1v) is 12.2. The second kappa shape index (κ2) is 9.56. The highest BCUT2D eigenvalue weighted by Gasteiger charge is 2.27. The quantitative estimate of drug-likeness (QED) is 0.396. The monoisotopic (exact) mass is 499 g/mol. The summed E-state index contributed by atoms with van der Waals surface area (Å²) in [6.07, 6.45) is 4.50. The average Bonchev–Trinajstić information content (AvgIpc) is 3.28. The maximum Gasteiger partial charge on any atom is 0.287 e. The van der Waals surface area contributed by atoms with Crippen LogP contribution in [0, 0.1) is 16.0 Å². The SMILES string of the molecule is CC(=O)N1CCC(CCn2cnc(N)c3nc(Sc4cc5c(cc4[N+](=O)[O-])OCCO5)nc2-3)CC1. The Morgan fingerprint density at radius 2 is 1.94 bits per heavy atom. The molecule has 184 valence electrons. The van der Waals surface area contributed by atoms with E-state index in [9.17, 15) is 14.9 Å². The predicted molar refractivity (Wildman–Crippen MR) is 127 cm³/mol. The number of benzene rings is 1. The fraction of sp³-hybridized carbons (Fsp3) is 0.455. The van der Waals surface area contributed by atoms with Gasteiger partial charge in [-0.3, -0.25) is 14.9 Å². The van der Waals surface area contributed by atoms with Crippen molar-refractivity contribution in [3.05, 3.63) is 28.6 Å². The number of carbonyl (C=O) groups is 1. The van der Waals surface area contributed by atoms with Crippen LogP contribution in [0.25, 0.3) is 11.5 Å². The Kier molecular flexibility index (Phi) is 6.32. The number of nitrogen functional groups attached to an aromatic ring is 1. The second-order valence-corrected chi connectivity index (χ2v) is 9.57. The number of fused-ring (bicyclic) bond motifs is 2. The van der Waals surface area contributed by atoms with Crippen molar-refractivity contribution in [3.63, 3.8) is 0 Å². The van der Waals surface area contributed by atoms with E-state index in [1.54, 1.807) is 19.3 Å². The molecule has 1 fully saturated rings. The Morgan fingerprint density at radius 1 is 1.23 bits per heavy atom. The summed E-state index contributed by atoms with van der Waals surface area (Å²) in [5.74, 6) is 2.26. The average molecular weight is 500 g/mol. The van der Waals surface area contributed by atoms with Crippen LogP contribution in [-0.2, 0) is 11.3 Å². The number of hydrogen-bond acceptors (Lipinski definition) is 10. The van der Waals surface area contributed by atoms with Crippen molar-refractivity contribution in [3.8, 4) is 23.0 Å². The van der Waals surface area contributed by atoms with Crippen LogP contribution in [0.2, 0.25) is 0 Å². The fourth-order valence-electron chi connectivity index (χ4n) is 4.38. The van der Waals surface area contributed by atoms with E-state index in [1.165, 1.54) is 6.07 Å². The number of rotatable bonds is 6. The van der Waals surface area contributed by atoms with Gasteiger partial charge in [0.1, 0.15) is 13.2 Å². The molecule has 0 aromatic heterocycles. The van der Waals surface area contributed by atoms with Crippen molar-refractivity contribution in [2.75, 3.05) is 32.0 Å². The highest BCUT2D eigenvalue weighted by molar-refractivity contribution is 7.99. The van der Waals surface area contributed by atoms with Gasteiger partial charge in [-0.15, -0.1) is 0 Å². The molecule has 0 radical (unpaired) electrons. The maximum atomic E-state index is 11.7. The molecule has 1 amide bonds. The van der Waals surface area contributed by atoms with Gasteiger partial charge in [0.05, 0.1) is 22.2 Å². The Bertz CT molecular complexity index is 1240. The maximum absolute atomic E-state index is 11.7. The highest BCUT2D eigenvalue weighted by Crippen LogP contribution is 2.43.